The molecule has 3 aromatic rings. The molecule has 1 heterocycles. The molecule has 0 fully saturated rings. The maximum atomic E-state index is 12.6. The number of amides is 1. The number of nitrogens with one attached hydrogen (secondary N) is 1. The van der Waals surface area contributed by atoms with Crippen molar-refractivity contribution in [2.45, 2.75) is 19.3 Å². The van der Waals surface area contributed by atoms with Gasteiger partial charge in [0.1, 0.15) is 12.4 Å². The molecule has 9 heteroatoms. The number of halogens is 3. The maximum Gasteiger partial charge on any atom is 0.411 e. The predicted octanol–water partition coefficient (Wildman–Crippen LogP) is 3.27. The fraction of sp³-hybridized carbons (Fsp3) is 0.250. The van der Waals surface area contributed by atoms with Crippen molar-refractivity contribution in [2.24, 2.45) is 0 Å². The van der Waals surface area contributed by atoms with Gasteiger partial charge in [0.15, 0.2) is 0 Å². The van der Waals surface area contributed by atoms with Gasteiger partial charge in [-0.2, -0.15) is 13.2 Å². The molecule has 0 aliphatic heterocycles. The van der Waals surface area contributed by atoms with Crippen LogP contribution >= 0.6 is 0 Å². The summed E-state index contributed by atoms with van der Waals surface area (Å²) >= 11 is 0. The van der Waals surface area contributed by atoms with Gasteiger partial charge >= 0.3 is 6.18 Å². The van der Waals surface area contributed by atoms with Gasteiger partial charge in [-0.1, -0.05) is 24.3 Å². The summed E-state index contributed by atoms with van der Waals surface area (Å²) in [6, 6.07) is 13.0. The lowest BCUT2D eigenvalue weighted by atomic mass is 10.1. The minimum Gasteiger partial charge on any atom is -0.367 e. The molecule has 1 amide bonds. The quantitative estimate of drug-likeness (QED) is 0.683. The molecule has 3 rings (SSSR count). The number of carbonyl (C=O) groups excluding carboxylic acids is 1. The summed E-state index contributed by atoms with van der Waals surface area (Å²) in [5, 5.41) is 0.466. The van der Waals surface area contributed by atoms with Gasteiger partial charge in [-0.3, -0.25) is 9.59 Å². The summed E-state index contributed by atoms with van der Waals surface area (Å²) in [5.41, 5.74) is 1.13. The van der Waals surface area contributed by atoms with Gasteiger partial charge in [0.05, 0.1) is 24.1 Å². The van der Waals surface area contributed by atoms with Gasteiger partial charge in [0, 0.05) is 12.6 Å². The molecule has 0 unspecified atom stereocenters. The highest BCUT2D eigenvalue weighted by molar-refractivity contribution is 5.94. The molecule has 0 radical (unpaired) electrons. The van der Waals surface area contributed by atoms with Crippen molar-refractivity contribution >= 4 is 16.8 Å². The molecule has 0 atom stereocenters. The Kier molecular flexibility index (Phi) is 5.97. The molecule has 0 aliphatic rings. The highest BCUT2D eigenvalue weighted by Gasteiger charge is 2.27. The Labute approximate surface area is 163 Å². The van der Waals surface area contributed by atoms with E-state index in [0.29, 0.717) is 27.9 Å². The number of ether oxygens (including phenoxy) is 1. The molecular weight excluding hydrogens is 387 g/mol. The topological polar surface area (TPSA) is 75.3 Å². The van der Waals surface area contributed by atoms with E-state index in [1.807, 2.05) is 0 Å². The first kappa shape index (κ1) is 20.5. The van der Waals surface area contributed by atoms with Gasteiger partial charge < -0.3 is 14.6 Å². The Morgan fingerprint density at radius 3 is 2.52 bits per heavy atom. The molecule has 0 bridgehead atoms. The van der Waals surface area contributed by atoms with Crippen molar-refractivity contribution in [1.82, 2.24) is 14.9 Å². The van der Waals surface area contributed by atoms with Gasteiger partial charge in [-0.25, -0.2) is 4.98 Å². The Bertz CT molecular complexity index is 1060. The van der Waals surface area contributed by atoms with Crippen LogP contribution in [0.5, 0.6) is 0 Å². The lowest BCUT2D eigenvalue weighted by molar-refractivity contribution is -0.176. The zero-order chi connectivity index (χ0) is 21.0. The van der Waals surface area contributed by atoms with Crippen molar-refractivity contribution in [3.63, 3.8) is 0 Å². The fourth-order valence-corrected chi connectivity index (χ4v) is 2.75. The van der Waals surface area contributed by atoms with E-state index in [1.54, 1.807) is 31.3 Å². The number of alkyl halides is 3. The van der Waals surface area contributed by atoms with Crippen LogP contribution in [0.1, 0.15) is 21.7 Å². The summed E-state index contributed by atoms with van der Waals surface area (Å²) in [5.74, 6) is 0.0327. The fourth-order valence-electron chi connectivity index (χ4n) is 2.75. The van der Waals surface area contributed by atoms with Crippen LogP contribution in [0.2, 0.25) is 0 Å². The second kappa shape index (κ2) is 8.44. The molecule has 0 saturated carbocycles. The number of nitrogens with zero attached hydrogens (tertiary/aromatic N) is 2. The number of H-pyrrole nitrogens is 1. The lowest BCUT2D eigenvalue weighted by Crippen LogP contribution is -2.28. The Morgan fingerprint density at radius 2 is 1.83 bits per heavy atom. The van der Waals surface area contributed by atoms with E-state index in [4.69, 9.17) is 0 Å². The third kappa shape index (κ3) is 5.41. The average Bonchev–Trinajstić information content (AvgIpc) is 2.67. The molecule has 0 aliphatic carbocycles. The summed E-state index contributed by atoms with van der Waals surface area (Å²) in [6.07, 6.45) is -4.38. The summed E-state index contributed by atoms with van der Waals surface area (Å²) in [6.45, 7) is -1.44. The standard InChI is InChI=1S/C20H18F3N3O3/c1-26(10-17-24-16-5-3-2-4-15(16)18(27)25-17)19(28)14-8-6-13(7-9-14)11-29-12-20(21,22)23/h2-9H,10-12H2,1H3,(H,24,25,27). The van der Waals surface area contributed by atoms with E-state index in [9.17, 15) is 22.8 Å². The third-order valence-corrected chi connectivity index (χ3v) is 4.13. The van der Waals surface area contributed by atoms with Gasteiger partial charge in [-0.15, -0.1) is 0 Å². The SMILES string of the molecule is CN(Cc1nc2ccccc2c(=O)[nH]1)C(=O)c1ccc(COCC(F)(F)F)cc1. The first-order valence-electron chi connectivity index (χ1n) is 8.70. The third-order valence-electron chi connectivity index (χ3n) is 4.13. The highest BCUT2D eigenvalue weighted by Crippen LogP contribution is 2.16. The van der Waals surface area contributed by atoms with E-state index in [1.165, 1.54) is 29.2 Å². The molecule has 6 nitrogen and oxygen atoms in total. The molecule has 1 aromatic heterocycles. The van der Waals surface area contributed by atoms with Crippen LogP contribution in [0, 0.1) is 0 Å². The number of hydrogen-bond acceptors (Lipinski definition) is 4. The largest absolute Gasteiger partial charge is 0.411 e. The summed E-state index contributed by atoms with van der Waals surface area (Å²) in [4.78, 5) is 33.1. The molecule has 2 aromatic carbocycles. The first-order chi connectivity index (χ1) is 13.7. The normalized spacial score (nSPS) is 11.6. The van der Waals surface area contributed by atoms with Gasteiger partial charge in [0.25, 0.3) is 11.5 Å². The Morgan fingerprint density at radius 1 is 1.14 bits per heavy atom. The molecule has 0 spiro atoms. The average molecular weight is 405 g/mol. The first-order valence-corrected chi connectivity index (χ1v) is 8.70. The van der Waals surface area contributed by atoms with Gasteiger partial charge in [-0.05, 0) is 29.8 Å². The van der Waals surface area contributed by atoms with E-state index >= 15 is 0 Å². The zero-order valence-electron chi connectivity index (χ0n) is 15.5. The Balaban J connectivity index is 1.65. The van der Waals surface area contributed by atoms with Crippen LogP contribution in [0.4, 0.5) is 13.2 Å². The Hall–Kier alpha value is -3.20. The summed E-state index contributed by atoms with van der Waals surface area (Å²) in [7, 11) is 1.57. The van der Waals surface area contributed by atoms with Crippen LogP contribution in [-0.4, -0.2) is 40.6 Å². The van der Waals surface area contributed by atoms with E-state index in [-0.39, 0.29) is 24.6 Å². The van der Waals surface area contributed by atoms with Gasteiger partial charge in [0.2, 0.25) is 0 Å². The van der Waals surface area contributed by atoms with Crippen LogP contribution in [0.3, 0.4) is 0 Å². The number of hydrogen-bond donors (Lipinski definition) is 1. The minimum absolute atomic E-state index is 0.0926. The number of fused-ring (bicyclic) bond motifs is 1. The lowest BCUT2D eigenvalue weighted by Gasteiger charge is -2.17. The predicted molar refractivity (Wildman–Crippen MR) is 100 cm³/mol. The monoisotopic (exact) mass is 405 g/mol. The van der Waals surface area contributed by atoms with E-state index < -0.39 is 12.8 Å². The number of para-hydroxylation sites is 1. The van der Waals surface area contributed by atoms with Crippen LogP contribution in [-0.2, 0) is 17.9 Å². The molecule has 1 N–H and O–H groups in total. The maximum absolute atomic E-state index is 12.6. The number of benzene rings is 2. The van der Waals surface area contributed by atoms with Crippen molar-refractivity contribution < 1.29 is 22.7 Å². The molecule has 152 valence electrons. The van der Waals surface area contributed by atoms with E-state index in [2.05, 4.69) is 14.7 Å². The minimum atomic E-state index is -4.38. The molecule has 0 saturated heterocycles. The van der Waals surface area contributed by atoms with Crippen molar-refractivity contribution in [1.29, 1.82) is 0 Å². The van der Waals surface area contributed by atoms with Crippen molar-refractivity contribution in [3.8, 4) is 0 Å². The number of carbonyl (C=O) groups is 1. The van der Waals surface area contributed by atoms with Crippen molar-refractivity contribution in [3.05, 3.63) is 75.8 Å². The van der Waals surface area contributed by atoms with Crippen LogP contribution in [0.25, 0.3) is 10.9 Å². The number of aromatic amines is 1. The number of rotatable bonds is 6. The van der Waals surface area contributed by atoms with Crippen LogP contribution in [0.15, 0.2) is 53.3 Å². The van der Waals surface area contributed by atoms with Crippen LogP contribution < -0.4 is 5.56 Å². The molecular formula is C20H18F3N3O3. The smallest absolute Gasteiger partial charge is 0.367 e. The van der Waals surface area contributed by atoms with Crippen molar-refractivity contribution in [2.75, 3.05) is 13.7 Å². The molecule has 29 heavy (non-hydrogen) atoms. The van der Waals surface area contributed by atoms with E-state index in [0.717, 1.165) is 0 Å². The second-order valence-corrected chi connectivity index (χ2v) is 6.50. The number of aromatic nitrogens is 2. The zero-order valence-corrected chi connectivity index (χ0v) is 15.5. The highest BCUT2D eigenvalue weighted by atomic mass is 19.4. The summed E-state index contributed by atoms with van der Waals surface area (Å²) < 4.78 is 40.9. The second-order valence-electron chi connectivity index (χ2n) is 6.50.